The number of benzene rings is 1. The Morgan fingerprint density at radius 1 is 1.36 bits per heavy atom. The summed E-state index contributed by atoms with van der Waals surface area (Å²) in [7, 11) is 0. The molecule has 0 aliphatic rings. The first-order valence-corrected chi connectivity index (χ1v) is 5.25. The second kappa shape index (κ2) is 3.62. The number of phenols is 1. The van der Waals surface area contributed by atoms with Crippen LogP contribution >= 0.6 is 27.3 Å². The average molecular weight is 275 g/mol. The molecule has 2 aromatic rings. The molecule has 0 unspecified atom stereocenters. The van der Waals surface area contributed by atoms with Crippen molar-refractivity contribution in [1.29, 1.82) is 0 Å². The highest BCUT2D eigenvalue weighted by Crippen LogP contribution is 2.33. The van der Waals surface area contributed by atoms with Crippen LogP contribution in [0.5, 0.6) is 5.75 Å². The maximum atomic E-state index is 12.9. The third kappa shape index (κ3) is 1.76. The number of phenolic OH excluding ortho intramolecular Hbond substituents is 1. The Kier molecular flexibility index (Phi) is 2.47. The molecule has 14 heavy (non-hydrogen) atoms. The minimum atomic E-state index is -0.413. The van der Waals surface area contributed by atoms with Crippen LogP contribution in [0.25, 0.3) is 10.6 Å². The number of hydrogen-bond acceptors (Lipinski definition) is 4. The predicted octanol–water partition coefficient (Wildman–Crippen LogP) is 2.81. The van der Waals surface area contributed by atoms with Crippen LogP contribution in [-0.2, 0) is 0 Å². The quantitative estimate of drug-likeness (QED) is 0.870. The molecule has 1 heterocycles. The predicted molar refractivity (Wildman–Crippen MR) is 54.7 cm³/mol. The van der Waals surface area contributed by atoms with Gasteiger partial charge in [-0.15, -0.1) is 10.2 Å². The van der Waals surface area contributed by atoms with Crippen molar-refractivity contribution in [3.8, 4) is 16.3 Å². The zero-order valence-electron chi connectivity index (χ0n) is 6.74. The molecule has 0 saturated heterocycles. The fraction of sp³-hybridized carbons (Fsp3) is 0. The van der Waals surface area contributed by atoms with Gasteiger partial charge < -0.3 is 5.11 Å². The van der Waals surface area contributed by atoms with Crippen molar-refractivity contribution in [2.45, 2.75) is 0 Å². The highest BCUT2D eigenvalue weighted by atomic mass is 79.9. The zero-order valence-corrected chi connectivity index (χ0v) is 9.14. The van der Waals surface area contributed by atoms with E-state index < -0.39 is 5.82 Å². The van der Waals surface area contributed by atoms with Gasteiger partial charge in [-0.25, -0.2) is 4.39 Å². The number of aromatic hydroxyl groups is 1. The number of nitrogens with zero attached hydrogens (tertiary/aromatic N) is 2. The Balaban J connectivity index is 2.55. The van der Waals surface area contributed by atoms with Crippen LogP contribution in [0.4, 0.5) is 4.39 Å². The van der Waals surface area contributed by atoms with Crippen LogP contribution in [-0.4, -0.2) is 15.3 Å². The van der Waals surface area contributed by atoms with Gasteiger partial charge in [-0.05, 0) is 34.1 Å². The van der Waals surface area contributed by atoms with E-state index in [-0.39, 0.29) is 5.75 Å². The summed E-state index contributed by atoms with van der Waals surface area (Å²) in [4.78, 5) is 0. The Morgan fingerprint density at radius 2 is 2.14 bits per heavy atom. The lowest BCUT2D eigenvalue weighted by Crippen LogP contribution is -1.80. The second-order valence-electron chi connectivity index (χ2n) is 2.52. The smallest absolute Gasteiger partial charge is 0.183 e. The monoisotopic (exact) mass is 274 g/mol. The van der Waals surface area contributed by atoms with E-state index >= 15 is 0 Å². The summed E-state index contributed by atoms with van der Waals surface area (Å²) in [5.41, 5.74) is 0.355. The van der Waals surface area contributed by atoms with Crippen LogP contribution in [0.2, 0.25) is 0 Å². The molecule has 0 fully saturated rings. The first-order chi connectivity index (χ1) is 6.66. The summed E-state index contributed by atoms with van der Waals surface area (Å²) >= 11 is 4.37. The lowest BCUT2D eigenvalue weighted by molar-refractivity contribution is 0.475. The number of aromatic nitrogens is 2. The van der Waals surface area contributed by atoms with E-state index in [1.807, 2.05) is 0 Å². The van der Waals surface area contributed by atoms with Crippen molar-refractivity contribution < 1.29 is 9.50 Å². The molecule has 1 aromatic carbocycles. The number of halogens is 2. The highest BCUT2D eigenvalue weighted by Gasteiger charge is 2.10. The van der Waals surface area contributed by atoms with Crippen LogP contribution in [0.1, 0.15) is 0 Å². The van der Waals surface area contributed by atoms with Crippen LogP contribution in [0, 0.1) is 5.82 Å². The molecule has 0 radical (unpaired) electrons. The van der Waals surface area contributed by atoms with Crippen molar-refractivity contribution >= 4 is 27.3 Å². The first kappa shape index (κ1) is 9.54. The van der Waals surface area contributed by atoms with Crippen LogP contribution < -0.4 is 0 Å². The number of hydrogen-bond donors (Lipinski definition) is 1. The van der Waals surface area contributed by atoms with E-state index in [0.717, 1.165) is 0 Å². The first-order valence-electron chi connectivity index (χ1n) is 3.65. The molecule has 6 heteroatoms. The minimum absolute atomic E-state index is 0.00458. The molecule has 72 valence electrons. The molecular formula is C8H4BrFN2OS. The molecular weight excluding hydrogens is 271 g/mol. The van der Waals surface area contributed by atoms with Gasteiger partial charge in [0.1, 0.15) is 11.6 Å². The van der Waals surface area contributed by atoms with Crippen LogP contribution in [0.3, 0.4) is 0 Å². The third-order valence-corrected chi connectivity index (χ3v) is 2.98. The number of rotatable bonds is 1. The van der Waals surface area contributed by atoms with E-state index in [1.54, 1.807) is 0 Å². The Labute approximate surface area is 91.4 Å². The Bertz CT molecular complexity index is 474. The lowest BCUT2D eigenvalue weighted by atomic mass is 10.2. The van der Waals surface area contributed by atoms with Gasteiger partial charge in [0.2, 0.25) is 0 Å². The summed E-state index contributed by atoms with van der Waals surface area (Å²) in [6, 6.07) is 3.71. The van der Waals surface area contributed by atoms with E-state index in [0.29, 0.717) is 14.5 Å². The summed E-state index contributed by atoms with van der Waals surface area (Å²) in [5, 5.41) is 17.4. The van der Waals surface area contributed by atoms with Crippen molar-refractivity contribution in [1.82, 2.24) is 10.2 Å². The molecule has 0 saturated carbocycles. The maximum Gasteiger partial charge on any atom is 0.183 e. The van der Waals surface area contributed by atoms with Gasteiger partial charge in [-0.3, -0.25) is 0 Å². The molecule has 1 N–H and O–H groups in total. The standard InChI is InChI=1S/C8H4BrFN2OS/c9-8-12-11-7(14-8)5-3-4(10)1-2-6(5)13/h1-3,13H. The fourth-order valence-corrected chi connectivity index (χ4v) is 2.13. The van der Waals surface area contributed by atoms with E-state index in [4.69, 9.17) is 0 Å². The third-order valence-electron chi connectivity index (χ3n) is 1.59. The molecule has 0 spiro atoms. The van der Waals surface area contributed by atoms with Crippen molar-refractivity contribution in [2.24, 2.45) is 0 Å². The van der Waals surface area contributed by atoms with Gasteiger partial charge in [0, 0.05) is 0 Å². The normalized spacial score (nSPS) is 10.4. The van der Waals surface area contributed by atoms with Gasteiger partial charge >= 0.3 is 0 Å². The molecule has 2 rings (SSSR count). The molecule has 3 nitrogen and oxygen atoms in total. The Morgan fingerprint density at radius 3 is 2.79 bits per heavy atom. The summed E-state index contributed by atoms with van der Waals surface area (Å²) < 4.78 is 13.5. The van der Waals surface area contributed by atoms with Gasteiger partial charge in [-0.1, -0.05) is 11.3 Å². The van der Waals surface area contributed by atoms with Crippen LogP contribution in [0.15, 0.2) is 22.1 Å². The van der Waals surface area contributed by atoms with Gasteiger partial charge in [0.05, 0.1) is 5.56 Å². The van der Waals surface area contributed by atoms with Gasteiger partial charge in [-0.2, -0.15) is 0 Å². The molecule has 0 amide bonds. The van der Waals surface area contributed by atoms with E-state index in [9.17, 15) is 9.50 Å². The zero-order chi connectivity index (χ0) is 10.1. The van der Waals surface area contributed by atoms with Crippen molar-refractivity contribution in [3.05, 3.63) is 27.9 Å². The van der Waals surface area contributed by atoms with E-state index in [2.05, 4.69) is 26.1 Å². The lowest BCUT2D eigenvalue weighted by Gasteiger charge is -1.98. The second-order valence-corrected chi connectivity index (χ2v) is 4.78. The average Bonchev–Trinajstić information content (AvgIpc) is 2.56. The van der Waals surface area contributed by atoms with Gasteiger partial charge in [0.15, 0.2) is 8.92 Å². The summed E-state index contributed by atoms with van der Waals surface area (Å²) in [6.45, 7) is 0. The SMILES string of the molecule is Oc1ccc(F)cc1-c1nnc(Br)s1. The van der Waals surface area contributed by atoms with E-state index in [1.165, 1.54) is 29.5 Å². The molecule has 1 aromatic heterocycles. The topological polar surface area (TPSA) is 46.0 Å². The summed E-state index contributed by atoms with van der Waals surface area (Å²) in [5.74, 6) is -0.417. The molecule has 0 atom stereocenters. The van der Waals surface area contributed by atoms with Crippen molar-refractivity contribution in [2.75, 3.05) is 0 Å². The molecule has 0 bridgehead atoms. The molecule has 0 aliphatic carbocycles. The highest BCUT2D eigenvalue weighted by molar-refractivity contribution is 9.11. The van der Waals surface area contributed by atoms with Gasteiger partial charge in [0.25, 0.3) is 0 Å². The summed E-state index contributed by atoms with van der Waals surface area (Å²) in [6.07, 6.45) is 0. The Hall–Kier alpha value is -1.01. The minimum Gasteiger partial charge on any atom is -0.507 e. The largest absolute Gasteiger partial charge is 0.507 e. The fourth-order valence-electron chi connectivity index (χ4n) is 0.994. The van der Waals surface area contributed by atoms with Crippen molar-refractivity contribution in [3.63, 3.8) is 0 Å². The maximum absolute atomic E-state index is 12.9. The molecule has 0 aliphatic heterocycles.